The van der Waals surface area contributed by atoms with E-state index in [4.69, 9.17) is 0 Å². The summed E-state index contributed by atoms with van der Waals surface area (Å²) in [5.74, 6) is -1.28. The Morgan fingerprint density at radius 3 is 2.38 bits per heavy atom. The number of H-pyrrole nitrogens is 1. The fourth-order valence-corrected chi connectivity index (χ4v) is 3.24. The molecule has 1 aromatic heterocycles. The van der Waals surface area contributed by atoms with Crippen molar-refractivity contribution < 1.29 is 18.0 Å². The van der Waals surface area contributed by atoms with Gasteiger partial charge < -0.3 is 15.6 Å². The van der Waals surface area contributed by atoms with Crippen LogP contribution >= 0.6 is 0 Å². The van der Waals surface area contributed by atoms with E-state index in [0.29, 0.717) is 10.9 Å². The predicted octanol–water partition coefficient (Wildman–Crippen LogP) is 1.27. The van der Waals surface area contributed by atoms with Crippen LogP contribution in [0.25, 0.3) is 10.9 Å². The van der Waals surface area contributed by atoms with Crippen molar-refractivity contribution in [2.45, 2.75) is 0 Å². The number of nitrogens with one attached hydrogen (secondary N) is 4. The van der Waals surface area contributed by atoms with Crippen molar-refractivity contribution in [2.24, 2.45) is 0 Å². The van der Waals surface area contributed by atoms with Crippen LogP contribution in [0.2, 0.25) is 0 Å². The number of anilines is 2. The summed E-state index contributed by atoms with van der Waals surface area (Å²) in [6, 6.07) is 13.0. The molecule has 0 atom stereocenters. The lowest BCUT2D eigenvalue weighted by molar-refractivity contribution is -0.115. The molecule has 150 valence electrons. The third kappa shape index (κ3) is 4.99. The van der Waals surface area contributed by atoms with Gasteiger partial charge in [-0.25, -0.2) is 8.42 Å². The van der Waals surface area contributed by atoms with Gasteiger partial charge in [0.05, 0.1) is 24.2 Å². The monoisotopic (exact) mass is 414 g/mol. The number of pyridine rings is 1. The van der Waals surface area contributed by atoms with Crippen molar-refractivity contribution in [3.63, 3.8) is 0 Å². The minimum absolute atomic E-state index is 0.115. The summed E-state index contributed by atoms with van der Waals surface area (Å²) >= 11 is 0. The lowest BCUT2D eigenvalue weighted by Crippen LogP contribution is -2.35. The summed E-state index contributed by atoms with van der Waals surface area (Å²) in [6.07, 6.45) is 2.29. The Kier molecular flexibility index (Phi) is 5.64. The SMILES string of the molecule is CS(=O)(=O)Nc1ccccc1NC(=O)CNC(=O)c1c[nH]c2ccccc2c1=O. The first-order valence-corrected chi connectivity index (χ1v) is 10.4. The highest BCUT2D eigenvalue weighted by Crippen LogP contribution is 2.21. The molecule has 0 saturated carbocycles. The molecule has 10 heteroatoms. The van der Waals surface area contributed by atoms with E-state index in [9.17, 15) is 22.8 Å². The summed E-state index contributed by atoms with van der Waals surface area (Å²) < 4.78 is 25.1. The van der Waals surface area contributed by atoms with Crippen LogP contribution in [0.5, 0.6) is 0 Å². The van der Waals surface area contributed by atoms with E-state index in [1.165, 1.54) is 18.3 Å². The van der Waals surface area contributed by atoms with Crippen molar-refractivity contribution in [3.8, 4) is 0 Å². The number of aromatic nitrogens is 1. The summed E-state index contributed by atoms with van der Waals surface area (Å²) in [5.41, 5.74) is 0.471. The van der Waals surface area contributed by atoms with Crippen molar-refractivity contribution in [3.05, 3.63) is 70.5 Å². The van der Waals surface area contributed by atoms with Crippen LogP contribution in [-0.2, 0) is 14.8 Å². The Bertz CT molecular complexity index is 1250. The van der Waals surface area contributed by atoms with E-state index in [1.807, 2.05) is 0 Å². The highest BCUT2D eigenvalue weighted by Gasteiger charge is 2.15. The largest absolute Gasteiger partial charge is 0.360 e. The molecule has 0 saturated heterocycles. The molecule has 4 N–H and O–H groups in total. The maximum atomic E-state index is 12.4. The number of para-hydroxylation sites is 3. The second-order valence-electron chi connectivity index (χ2n) is 6.23. The average molecular weight is 414 g/mol. The van der Waals surface area contributed by atoms with Crippen LogP contribution in [0.15, 0.2) is 59.5 Å². The molecule has 0 aliphatic heterocycles. The Balaban J connectivity index is 1.68. The highest BCUT2D eigenvalue weighted by molar-refractivity contribution is 7.92. The quantitative estimate of drug-likeness (QED) is 0.481. The van der Waals surface area contributed by atoms with E-state index in [0.717, 1.165) is 6.26 Å². The second kappa shape index (κ2) is 8.15. The Morgan fingerprint density at radius 2 is 1.66 bits per heavy atom. The van der Waals surface area contributed by atoms with Crippen LogP contribution in [0, 0.1) is 0 Å². The molecule has 0 unspecified atom stereocenters. The van der Waals surface area contributed by atoms with E-state index in [2.05, 4.69) is 20.3 Å². The molecule has 2 amide bonds. The van der Waals surface area contributed by atoms with E-state index in [1.54, 1.807) is 36.4 Å². The minimum Gasteiger partial charge on any atom is -0.360 e. The lowest BCUT2D eigenvalue weighted by atomic mass is 10.1. The molecular weight excluding hydrogens is 396 g/mol. The third-order valence-corrected chi connectivity index (χ3v) is 4.53. The van der Waals surface area contributed by atoms with Crippen molar-refractivity contribution in [2.75, 3.05) is 22.8 Å². The topological polar surface area (TPSA) is 137 Å². The average Bonchev–Trinajstić information content (AvgIpc) is 2.67. The number of rotatable bonds is 6. The fraction of sp³-hybridized carbons (Fsp3) is 0.105. The van der Waals surface area contributed by atoms with Gasteiger partial charge in [-0.05, 0) is 24.3 Å². The molecule has 3 rings (SSSR count). The first-order valence-electron chi connectivity index (χ1n) is 8.50. The number of benzene rings is 2. The van der Waals surface area contributed by atoms with E-state index >= 15 is 0 Å². The van der Waals surface area contributed by atoms with Crippen molar-refractivity contribution in [1.82, 2.24) is 10.3 Å². The van der Waals surface area contributed by atoms with Gasteiger partial charge in [-0.15, -0.1) is 0 Å². The van der Waals surface area contributed by atoms with Gasteiger partial charge in [-0.3, -0.25) is 19.1 Å². The molecule has 0 spiro atoms. The van der Waals surface area contributed by atoms with Crippen LogP contribution in [0.3, 0.4) is 0 Å². The second-order valence-corrected chi connectivity index (χ2v) is 7.98. The Morgan fingerprint density at radius 1 is 1.00 bits per heavy atom. The summed E-state index contributed by atoms with van der Waals surface area (Å²) in [4.78, 5) is 39.8. The Hall–Kier alpha value is -3.66. The van der Waals surface area contributed by atoms with Gasteiger partial charge in [-0.1, -0.05) is 24.3 Å². The molecule has 3 aromatic rings. The summed E-state index contributed by atoms with van der Waals surface area (Å²) in [7, 11) is -3.53. The van der Waals surface area contributed by atoms with Crippen molar-refractivity contribution in [1.29, 1.82) is 0 Å². The van der Waals surface area contributed by atoms with Gasteiger partial charge in [0.15, 0.2) is 0 Å². The van der Waals surface area contributed by atoms with Crippen LogP contribution in [0.4, 0.5) is 11.4 Å². The van der Waals surface area contributed by atoms with Gasteiger partial charge in [0.2, 0.25) is 21.4 Å². The summed E-state index contributed by atoms with van der Waals surface area (Å²) in [5, 5.41) is 5.27. The van der Waals surface area contributed by atoms with Crippen LogP contribution in [-0.4, -0.2) is 38.0 Å². The maximum Gasteiger partial charge on any atom is 0.257 e. The first kappa shape index (κ1) is 20.1. The van der Waals surface area contributed by atoms with Gasteiger partial charge in [0.25, 0.3) is 5.91 Å². The van der Waals surface area contributed by atoms with E-state index < -0.39 is 33.8 Å². The molecule has 0 bridgehead atoms. The molecule has 9 nitrogen and oxygen atoms in total. The van der Waals surface area contributed by atoms with Gasteiger partial charge in [-0.2, -0.15) is 0 Å². The number of aromatic amines is 1. The normalized spacial score (nSPS) is 11.1. The molecule has 0 aliphatic carbocycles. The minimum atomic E-state index is -3.53. The van der Waals surface area contributed by atoms with Gasteiger partial charge in [0.1, 0.15) is 5.56 Å². The first-order chi connectivity index (χ1) is 13.7. The molecule has 0 fully saturated rings. The number of sulfonamides is 1. The van der Waals surface area contributed by atoms with Crippen molar-refractivity contribution >= 4 is 44.1 Å². The van der Waals surface area contributed by atoms with E-state index in [-0.39, 0.29) is 16.9 Å². The van der Waals surface area contributed by atoms with Gasteiger partial charge >= 0.3 is 0 Å². The number of carbonyl (C=O) groups excluding carboxylic acids is 2. The standard InChI is InChI=1S/C19H18N4O5S/c1-29(27,28)23-16-9-5-4-8-15(16)22-17(24)11-21-19(26)13-10-20-14-7-3-2-6-12(14)18(13)25/h2-10,23H,11H2,1H3,(H,20,25)(H,21,26)(H,22,24). The molecule has 29 heavy (non-hydrogen) atoms. The number of amides is 2. The Labute approximate surface area is 166 Å². The highest BCUT2D eigenvalue weighted by atomic mass is 32.2. The zero-order valence-corrected chi connectivity index (χ0v) is 16.2. The summed E-state index contributed by atoms with van der Waals surface area (Å²) in [6.45, 7) is -0.404. The number of fused-ring (bicyclic) bond motifs is 1. The molecule has 2 aromatic carbocycles. The van der Waals surface area contributed by atoms with Crippen LogP contribution in [0.1, 0.15) is 10.4 Å². The predicted molar refractivity (Wildman–Crippen MR) is 110 cm³/mol. The number of hydrogen-bond donors (Lipinski definition) is 4. The molecule has 0 radical (unpaired) electrons. The fourth-order valence-electron chi connectivity index (χ4n) is 2.67. The smallest absolute Gasteiger partial charge is 0.257 e. The number of carbonyl (C=O) groups is 2. The number of hydrogen-bond acceptors (Lipinski definition) is 5. The molecular formula is C19H18N4O5S. The molecule has 1 heterocycles. The van der Waals surface area contributed by atoms with Gasteiger partial charge in [0, 0.05) is 17.1 Å². The zero-order valence-electron chi connectivity index (χ0n) is 15.4. The maximum absolute atomic E-state index is 12.4. The zero-order chi connectivity index (χ0) is 21.0. The molecule has 0 aliphatic rings. The third-order valence-electron chi connectivity index (χ3n) is 3.94. The lowest BCUT2D eigenvalue weighted by Gasteiger charge is -2.12. The van der Waals surface area contributed by atoms with Crippen LogP contribution < -0.4 is 20.8 Å².